The van der Waals surface area contributed by atoms with Crippen molar-refractivity contribution >= 4 is 11.8 Å². The maximum atomic E-state index is 13.1. The summed E-state index contributed by atoms with van der Waals surface area (Å²) in [6.45, 7) is 10.1. The molecular weight excluding hydrogens is 448 g/mol. The summed E-state index contributed by atoms with van der Waals surface area (Å²) in [5.41, 5.74) is 0. The van der Waals surface area contributed by atoms with Gasteiger partial charge < -0.3 is 19.6 Å². The van der Waals surface area contributed by atoms with E-state index in [1.807, 2.05) is 0 Å². The quantitative estimate of drug-likeness (QED) is 0.273. The highest BCUT2D eigenvalue weighted by atomic mass is 16.2. The van der Waals surface area contributed by atoms with Crippen LogP contribution in [0.4, 0.5) is 0 Å². The average molecular weight is 507 g/mol. The second-order valence-corrected chi connectivity index (χ2v) is 11.6. The van der Waals surface area contributed by atoms with E-state index < -0.39 is 0 Å². The third kappa shape index (κ3) is 11.5. The first-order valence-electron chi connectivity index (χ1n) is 15.4. The van der Waals surface area contributed by atoms with Gasteiger partial charge in [0, 0.05) is 51.1 Å². The maximum absolute atomic E-state index is 13.1. The Hall–Kier alpha value is -1.14. The van der Waals surface area contributed by atoms with Crippen molar-refractivity contribution < 1.29 is 9.59 Å². The van der Waals surface area contributed by atoms with Crippen LogP contribution >= 0.6 is 0 Å². The lowest BCUT2D eigenvalue weighted by molar-refractivity contribution is -0.135. The number of carbonyl (C=O) groups excluding carboxylic acids is 2. The Labute approximate surface area is 223 Å². The van der Waals surface area contributed by atoms with Gasteiger partial charge in [0.25, 0.3) is 0 Å². The fourth-order valence-corrected chi connectivity index (χ4v) is 5.95. The largest absolute Gasteiger partial charge is 0.343 e. The van der Waals surface area contributed by atoms with Crippen LogP contribution in [0.15, 0.2) is 0 Å². The summed E-state index contributed by atoms with van der Waals surface area (Å²) >= 11 is 0. The normalized spacial score (nSPS) is 23.4. The van der Waals surface area contributed by atoms with Crippen molar-refractivity contribution in [3.05, 3.63) is 0 Å². The summed E-state index contributed by atoms with van der Waals surface area (Å²) in [4.78, 5) is 35.2. The summed E-state index contributed by atoms with van der Waals surface area (Å²) in [6, 6.07) is 0.784. The molecule has 2 aliphatic heterocycles. The number of unbranched alkanes of at least 4 members (excludes halogenated alkanes) is 7. The van der Waals surface area contributed by atoms with Gasteiger partial charge in [-0.2, -0.15) is 0 Å². The van der Waals surface area contributed by atoms with E-state index in [2.05, 4.69) is 47.5 Å². The number of amides is 2. The van der Waals surface area contributed by atoms with Gasteiger partial charge in [-0.1, -0.05) is 65.2 Å². The van der Waals surface area contributed by atoms with Gasteiger partial charge in [0.2, 0.25) is 11.8 Å². The summed E-state index contributed by atoms with van der Waals surface area (Å²) < 4.78 is 0. The zero-order chi connectivity index (χ0) is 26.2. The third-order valence-electron chi connectivity index (χ3n) is 8.54. The molecule has 2 heterocycles. The predicted molar refractivity (Wildman–Crippen MR) is 151 cm³/mol. The van der Waals surface area contributed by atoms with Crippen molar-refractivity contribution in [1.29, 1.82) is 0 Å². The van der Waals surface area contributed by atoms with Crippen molar-refractivity contribution in [2.45, 2.75) is 129 Å². The first kappa shape index (κ1) is 31.1. The summed E-state index contributed by atoms with van der Waals surface area (Å²) in [5.74, 6) is 0.663. The van der Waals surface area contributed by atoms with Crippen LogP contribution in [0.2, 0.25) is 0 Å². The molecule has 0 spiro atoms. The molecule has 2 saturated heterocycles. The van der Waals surface area contributed by atoms with Crippen molar-refractivity contribution in [3.63, 3.8) is 0 Å². The molecule has 2 rings (SSSR count). The molecule has 0 aromatic rings. The fraction of sp³-hybridized carbons (Fsp3) is 0.933. The van der Waals surface area contributed by atoms with E-state index in [0.717, 1.165) is 77.8 Å². The minimum absolute atomic E-state index is 0.329. The van der Waals surface area contributed by atoms with Crippen LogP contribution in [0.3, 0.4) is 0 Å². The topological polar surface area (TPSA) is 47.1 Å². The first-order chi connectivity index (χ1) is 17.5. The molecular formula is C30H58N4O2. The highest BCUT2D eigenvalue weighted by Crippen LogP contribution is 2.19. The molecule has 0 saturated carbocycles. The molecule has 36 heavy (non-hydrogen) atoms. The lowest BCUT2D eigenvalue weighted by Crippen LogP contribution is -2.45. The molecule has 0 aliphatic carbocycles. The predicted octanol–water partition coefficient (Wildman–Crippen LogP) is 5.55. The standard InChI is InChI=1S/C30H58N4O2/c1-5-7-9-10-12-18-28-26-30(36)34(24-16-20-32(28)4)22-14-13-21-33-23-15-19-31(3)27(25-29(33)35)17-11-8-6-2/h27-28H,5-26H2,1-4H3/t27-,28-/m1/s1. The third-order valence-corrected chi connectivity index (χ3v) is 8.54. The van der Waals surface area contributed by atoms with E-state index in [1.54, 1.807) is 0 Å². The van der Waals surface area contributed by atoms with E-state index in [1.165, 1.54) is 51.4 Å². The molecule has 2 atom stereocenters. The minimum atomic E-state index is 0.329. The SMILES string of the molecule is CCCCCCC[C@@H]1CC(=O)N(CCCCN2CCCN(C)[C@H](CCCCC)CC2=O)CCCN1C. The van der Waals surface area contributed by atoms with Gasteiger partial charge in [-0.3, -0.25) is 9.59 Å². The van der Waals surface area contributed by atoms with Gasteiger partial charge >= 0.3 is 0 Å². The van der Waals surface area contributed by atoms with Crippen LogP contribution in [0.1, 0.15) is 117 Å². The van der Waals surface area contributed by atoms with E-state index in [9.17, 15) is 9.59 Å². The molecule has 2 aliphatic rings. The molecule has 2 amide bonds. The number of carbonyl (C=O) groups is 2. The molecule has 0 aromatic carbocycles. The number of rotatable bonds is 15. The van der Waals surface area contributed by atoms with Crippen LogP contribution in [0, 0.1) is 0 Å². The summed E-state index contributed by atoms with van der Waals surface area (Å²) in [7, 11) is 4.39. The summed E-state index contributed by atoms with van der Waals surface area (Å²) in [5, 5.41) is 0. The van der Waals surface area contributed by atoms with Crippen LogP contribution in [0.5, 0.6) is 0 Å². The highest BCUT2D eigenvalue weighted by Gasteiger charge is 2.26. The van der Waals surface area contributed by atoms with E-state index >= 15 is 0 Å². The highest BCUT2D eigenvalue weighted by molar-refractivity contribution is 5.77. The lowest BCUT2D eigenvalue weighted by atomic mass is 10.0. The van der Waals surface area contributed by atoms with E-state index in [4.69, 9.17) is 0 Å². The molecule has 0 bridgehead atoms. The van der Waals surface area contributed by atoms with Gasteiger partial charge in [0.1, 0.15) is 0 Å². The van der Waals surface area contributed by atoms with Crippen molar-refractivity contribution in [3.8, 4) is 0 Å². The Balaban J connectivity index is 1.74. The molecule has 0 radical (unpaired) electrons. The number of hydrogen-bond donors (Lipinski definition) is 0. The Morgan fingerprint density at radius 2 is 1.00 bits per heavy atom. The first-order valence-corrected chi connectivity index (χ1v) is 15.4. The summed E-state index contributed by atoms with van der Waals surface area (Å²) in [6.07, 6.45) is 17.9. The Morgan fingerprint density at radius 1 is 0.583 bits per heavy atom. The maximum Gasteiger partial charge on any atom is 0.224 e. The smallest absolute Gasteiger partial charge is 0.224 e. The molecule has 210 valence electrons. The van der Waals surface area contributed by atoms with Gasteiger partial charge in [0.05, 0.1) is 0 Å². The van der Waals surface area contributed by atoms with Gasteiger partial charge in [-0.05, 0) is 65.7 Å². The molecule has 0 unspecified atom stereocenters. The Bertz CT molecular complexity index is 614. The Kier molecular flexibility index (Phi) is 15.7. The lowest BCUT2D eigenvalue weighted by Gasteiger charge is -2.35. The van der Waals surface area contributed by atoms with Crippen LogP contribution in [0.25, 0.3) is 0 Å². The average Bonchev–Trinajstić information content (AvgIpc) is 2.85. The molecule has 0 aromatic heterocycles. The molecule has 6 nitrogen and oxygen atoms in total. The van der Waals surface area contributed by atoms with Gasteiger partial charge in [0.15, 0.2) is 0 Å². The van der Waals surface area contributed by atoms with Crippen LogP contribution in [-0.4, -0.2) is 96.9 Å². The van der Waals surface area contributed by atoms with Crippen LogP contribution < -0.4 is 0 Å². The zero-order valence-electron chi connectivity index (χ0n) is 24.3. The van der Waals surface area contributed by atoms with Gasteiger partial charge in [-0.25, -0.2) is 0 Å². The second-order valence-electron chi connectivity index (χ2n) is 11.6. The second kappa shape index (κ2) is 18.2. The molecule has 6 heteroatoms. The van der Waals surface area contributed by atoms with Gasteiger partial charge in [-0.15, -0.1) is 0 Å². The molecule has 0 N–H and O–H groups in total. The van der Waals surface area contributed by atoms with Crippen molar-refractivity contribution in [2.75, 3.05) is 53.4 Å². The monoisotopic (exact) mass is 506 g/mol. The van der Waals surface area contributed by atoms with E-state index in [-0.39, 0.29) is 0 Å². The Morgan fingerprint density at radius 3 is 1.47 bits per heavy atom. The van der Waals surface area contributed by atoms with Crippen molar-refractivity contribution in [1.82, 2.24) is 19.6 Å². The van der Waals surface area contributed by atoms with Crippen molar-refractivity contribution in [2.24, 2.45) is 0 Å². The van der Waals surface area contributed by atoms with Crippen LogP contribution in [-0.2, 0) is 9.59 Å². The van der Waals surface area contributed by atoms with E-state index in [0.29, 0.717) is 36.7 Å². The number of nitrogens with zero attached hydrogens (tertiary/aromatic N) is 4. The zero-order valence-corrected chi connectivity index (χ0v) is 24.3. The number of hydrogen-bond acceptors (Lipinski definition) is 4. The molecule has 2 fully saturated rings. The fourth-order valence-electron chi connectivity index (χ4n) is 5.95. The minimum Gasteiger partial charge on any atom is -0.343 e.